The van der Waals surface area contributed by atoms with Crippen LogP contribution in [0.5, 0.6) is 0 Å². The number of rotatable bonds is 5. The van der Waals surface area contributed by atoms with Gasteiger partial charge in [0.25, 0.3) is 0 Å². The minimum atomic E-state index is 0.0564. The predicted molar refractivity (Wildman–Crippen MR) is 94.8 cm³/mol. The fourth-order valence-corrected chi connectivity index (χ4v) is 4.04. The molecule has 1 amide bonds. The van der Waals surface area contributed by atoms with Gasteiger partial charge in [0.1, 0.15) is 5.25 Å². The van der Waals surface area contributed by atoms with Gasteiger partial charge in [0.05, 0.1) is 6.04 Å². The first-order valence-electron chi connectivity index (χ1n) is 7.45. The largest absolute Gasteiger partial charge is 0.306 e. The summed E-state index contributed by atoms with van der Waals surface area (Å²) in [7, 11) is 0. The van der Waals surface area contributed by atoms with Crippen LogP contribution in [0.1, 0.15) is 12.5 Å². The number of carbonyl (C=O) groups is 1. The van der Waals surface area contributed by atoms with E-state index in [0.717, 1.165) is 17.9 Å². The number of nitrogens with zero attached hydrogens (tertiary/aromatic N) is 1. The van der Waals surface area contributed by atoms with Crippen LogP contribution in [0.15, 0.2) is 54.6 Å². The van der Waals surface area contributed by atoms with E-state index in [1.807, 2.05) is 47.4 Å². The molecule has 2 nitrogen and oxygen atoms in total. The molecule has 0 unspecified atom stereocenters. The Balaban J connectivity index is 1.84. The number of amides is 1. The number of thioether (sulfide) groups is 1. The second kappa shape index (κ2) is 6.76. The van der Waals surface area contributed by atoms with E-state index in [1.165, 1.54) is 5.56 Å². The summed E-state index contributed by atoms with van der Waals surface area (Å²) >= 11 is 7.69. The molecule has 4 heteroatoms. The highest BCUT2D eigenvalue weighted by atomic mass is 35.5. The summed E-state index contributed by atoms with van der Waals surface area (Å²) in [5.41, 5.74) is 2.20. The Kier molecular flexibility index (Phi) is 4.74. The summed E-state index contributed by atoms with van der Waals surface area (Å²) in [5.74, 6) is 1.16. The summed E-state index contributed by atoms with van der Waals surface area (Å²) < 4.78 is 0. The van der Waals surface area contributed by atoms with Crippen molar-refractivity contribution >= 4 is 35.0 Å². The average Bonchev–Trinajstić information content (AvgIpc) is 2.55. The van der Waals surface area contributed by atoms with E-state index in [4.69, 9.17) is 11.6 Å². The second-order valence-electron chi connectivity index (χ2n) is 5.32. The van der Waals surface area contributed by atoms with Gasteiger partial charge in [-0.15, -0.1) is 11.8 Å². The molecule has 1 aliphatic heterocycles. The maximum absolute atomic E-state index is 12.5. The molecule has 0 aromatic heterocycles. The lowest BCUT2D eigenvalue weighted by molar-refractivity contribution is -0.123. The maximum atomic E-state index is 12.5. The van der Waals surface area contributed by atoms with Gasteiger partial charge < -0.3 is 4.90 Å². The highest BCUT2D eigenvalue weighted by molar-refractivity contribution is 8.00. The fourth-order valence-electron chi connectivity index (χ4n) is 2.85. The Morgan fingerprint density at radius 3 is 2.41 bits per heavy atom. The van der Waals surface area contributed by atoms with Gasteiger partial charge in [0.15, 0.2) is 0 Å². The molecule has 0 saturated carbocycles. The van der Waals surface area contributed by atoms with Gasteiger partial charge in [-0.3, -0.25) is 4.79 Å². The molecular weight excluding hydrogens is 314 g/mol. The van der Waals surface area contributed by atoms with E-state index in [0.29, 0.717) is 5.02 Å². The molecule has 3 rings (SSSR count). The molecule has 1 saturated heterocycles. The lowest BCUT2D eigenvalue weighted by atomic mass is 9.93. The third-order valence-corrected chi connectivity index (χ3v) is 5.36. The number of anilines is 1. The molecular formula is C18H18ClNOS. The minimum Gasteiger partial charge on any atom is -0.306 e. The maximum Gasteiger partial charge on any atom is 0.242 e. The van der Waals surface area contributed by atoms with E-state index >= 15 is 0 Å². The van der Waals surface area contributed by atoms with Crippen molar-refractivity contribution in [1.82, 2.24) is 0 Å². The Bertz CT molecular complexity index is 644. The molecule has 0 aliphatic carbocycles. The van der Waals surface area contributed by atoms with Gasteiger partial charge in [-0.05, 0) is 42.0 Å². The molecule has 2 aromatic carbocycles. The molecule has 1 heterocycles. The van der Waals surface area contributed by atoms with Gasteiger partial charge >= 0.3 is 0 Å². The van der Waals surface area contributed by atoms with Crippen LogP contribution in [-0.2, 0) is 11.2 Å². The third-order valence-electron chi connectivity index (χ3n) is 3.90. The van der Waals surface area contributed by atoms with Crippen LogP contribution in [0.3, 0.4) is 0 Å². The number of halogens is 1. The van der Waals surface area contributed by atoms with Gasteiger partial charge in [0.2, 0.25) is 5.91 Å². The average molecular weight is 332 g/mol. The first kappa shape index (κ1) is 15.4. The zero-order valence-electron chi connectivity index (χ0n) is 12.4. The molecule has 0 spiro atoms. The molecule has 2 atom stereocenters. The van der Waals surface area contributed by atoms with Crippen LogP contribution in [0.4, 0.5) is 5.69 Å². The number of carbonyl (C=O) groups excluding carboxylic acids is 1. The first-order valence-corrected chi connectivity index (χ1v) is 8.87. The van der Waals surface area contributed by atoms with Crippen molar-refractivity contribution < 1.29 is 4.79 Å². The Hall–Kier alpha value is -1.45. The summed E-state index contributed by atoms with van der Waals surface area (Å²) in [4.78, 5) is 14.4. The van der Waals surface area contributed by atoms with Gasteiger partial charge in [-0.2, -0.15) is 0 Å². The highest BCUT2D eigenvalue weighted by Gasteiger charge is 2.47. The van der Waals surface area contributed by atoms with Crippen molar-refractivity contribution in [3.8, 4) is 0 Å². The normalized spacial score (nSPS) is 20.8. The molecule has 0 radical (unpaired) electrons. The molecule has 1 aliphatic rings. The molecule has 114 valence electrons. The van der Waals surface area contributed by atoms with E-state index in [2.05, 4.69) is 19.1 Å². The SMILES string of the molecule is CCS[C@@H]1C(=O)N(c2ccc(Cl)cc2)[C@@H]1Cc1ccccc1. The van der Waals surface area contributed by atoms with E-state index in [9.17, 15) is 4.79 Å². The van der Waals surface area contributed by atoms with Crippen LogP contribution < -0.4 is 4.90 Å². The minimum absolute atomic E-state index is 0.0564. The monoisotopic (exact) mass is 331 g/mol. The quantitative estimate of drug-likeness (QED) is 0.756. The van der Waals surface area contributed by atoms with Gasteiger partial charge in [0, 0.05) is 10.7 Å². The van der Waals surface area contributed by atoms with Crippen LogP contribution in [-0.4, -0.2) is 23.0 Å². The summed E-state index contributed by atoms with van der Waals surface area (Å²) in [6.07, 6.45) is 0.882. The number of hydrogen-bond donors (Lipinski definition) is 0. The summed E-state index contributed by atoms with van der Waals surface area (Å²) in [5, 5.41) is 0.747. The zero-order chi connectivity index (χ0) is 15.5. The zero-order valence-corrected chi connectivity index (χ0v) is 14.0. The first-order chi connectivity index (χ1) is 10.7. The predicted octanol–water partition coefficient (Wildman–Crippen LogP) is 4.42. The van der Waals surface area contributed by atoms with Crippen LogP contribution in [0, 0.1) is 0 Å². The van der Waals surface area contributed by atoms with Crippen molar-refractivity contribution in [2.75, 3.05) is 10.7 Å². The van der Waals surface area contributed by atoms with Crippen molar-refractivity contribution in [3.05, 3.63) is 65.2 Å². The van der Waals surface area contributed by atoms with Crippen molar-refractivity contribution in [3.63, 3.8) is 0 Å². The highest BCUT2D eigenvalue weighted by Crippen LogP contribution is 2.37. The number of hydrogen-bond acceptors (Lipinski definition) is 2. The number of β-lactam (4-membered cyclic amide) rings is 1. The molecule has 1 fully saturated rings. The van der Waals surface area contributed by atoms with E-state index in [1.54, 1.807) is 11.8 Å². The van der Waals surface area contributed by atoms with Gasteiger partial charge in [-0.1, -0.05) is 48.9 Å². The van der Waals surface area contributed by atoms with Crippen LogP contribution in [0.2, 0.25) is 5.02 Å². The van der Waals surface area contributed by atoms with Crippen molar-refractivity contribution in [2.24, 2.45) is 0 Å². The van der Waals surface area contributed by atoms with E-state index < -0.39 is 0 Å². The lowest BCUT2D eigenvalue weighted by Crippen LogP contribution is -2.64. The van der Waals surface area contributed by atoms with Crippen molar-refractivity contribution in [1.29, 1.82) is 0 Å². The summed E-state index contributed by atoms with van der Waals surface area (Å²) in [6.45, 7) is 2.10. The Labute approximate surface area is 140 Å². The molecule has 2 aromatic rings. The van der Waals surface area contributed by atoms with Crippen molar-refractivity contribution in [2.45, 2.75) is 24.6 Å². The Morgan fingerprint density at radius 2 is 1.77 bits per heavy atom. The third kappa shape index (κ3) is 3.01. The second-order valence-corrected chi connectivity index (χ2v) is 7.17. The molecule has 22 heavy (non-hydrogen) atoms. The fraction of sp³-hybridized carbons (Fsp3) is 0.278. The Morgan fingerprint density at radius 1 is 1.09 bits per heavy atom. The molecule has 0 bridgehead atoms. The van der Waals surface area contributed by atoms with Crippen LogP contribution in [0.25, 0.3) is 0 Å². The smallest absolute Gasteiger partial charge is 0.242 e. The standard InChI is InChI=1S/C18H18ClNOS/c1-2-22-17-16(12-13-6-4-3-5-7-13)20(18(17)21)15-10-8-14(19)9-11-15/h3-11,16-17H,2,12H2,1H3/t16-,17+/m1/s1. The lowest BCUT2D eigenvalue weighted by Gasteiger charge is -2.47. The number of benzene rings is 2. The summed E-state index contributed by atoms with van der Waals surface area (Å²) in [6, 6.07) is 18.1. The topological polar surface area (TPSA) is 20.3 Å². The molecule has 0 N–H and O–H groups in total. The van der Waals surface area contributed by atoms with E-state index in [-0.39, 0.29) is 17.2 Å². The van der Waals surface area contributed by atoms with Crippen LogP contribution >= 0.6 is 23.4 Å². The van der Waals surface area contributed by atoms with Gasteiger partial charge in [-0.25, -0.2) is 0 Å².